The molecule has 0 saturated carbocycles. The predicted molar refractivity (Wildman–Crippen MR) is 136 cm³/mol. The quantitative estimate of drug-likeness (QED) is 0.485. The lowest BCUT2D eigenvalue weighted by Crippen LogP contribution is -2.59. The Morgan fingerprint density at radius 2 is 1.97 bits per heavy atom. The molecule has 3 aliphatic rings. The van der Waals surface area contributed by atoms with E-state index in [-0.39, 0.29) is 25.0 Å². The van der Waals surface area contributed by atoms with Crippen LogP contribution in [0, 0.1) is 23.7 Å². The number of nitrogens with zero attached hydrogens (tertiary/aromatic N) is 2. The van der Waals surface area contributed by atoms with E-state index in [9.17, 15) is 24.6 Å². The number of rotatable bonds is 9. The predicted octanol–water partition coefficient (Wildman–Crippen LogP) is 3.36. The summed E-state index contributed by atoms with van der Waals surface area (Å²) in [4.78, 5) is 43.9. The second-order valence-corrected chi connectivity index (χ2v) is 11.4. The molecule has 1 aromatic carbocycles. The molecule has 3 saturated heterocycles. The van der Waals surface area contributed by atoms with Crippen LogP contribution in [-0.4, -0.2) is 69.3 Å². The van der Waals surface area contributed by atoms with Crippen LogP contribution in [0.5, 0.6) is 0 Å². The smallest absolute Gasteiger partial charge is 0.310 e. The van der Waals surface area contributed by atoms with Crippen molar-refractivity contribution in [1.82, 2.24) is 4.90 Å². The number of carbonyl (C=O) groups excluding carboxylic acids is 2. The average molecular weight is 519 g/mol. The summed E-state index contributed by atoms with van der Waals surface area (Å²) in [5.74, 6) is -4.09. The van der Waals surface area contributed by atoms with Crippen molar-refractivity contribution in [3.05, 3.63) is 41.9 Å². The number of hydrogen-bond donors (Lipinski definition) is 2. The first-order valence-electron chi connectivity index (χ1n) is 12.5. The van der Waals surface area contributed by atoms with Crippen LogP contribution in [0.2, 0.25) is 5.02 Å². The van der Waals surface area contributed by atoms with Crippen LogP contribution in [-0.2, 0) is 19.1 Å². The Labute approximate surface area is 216 Å². The van der Waals surface area contributed by atoms with Gasteiger partial charge in [0.15, 0.2) is 0 Å². The Hall–Kier alpha value is -2.42. The average Bonchev–Trinajstić information content (AvgIpc) is 3.33. The zero-order valence-electron chi connectivity index (χ0n) is 21.2. The number of aliphatic carboxylic acids is 1. The van der Waals surface area contributed by atoms with E-state index in [1.54, 1.807) is 37.3 Å². The maximum Gasteiger partial charge on any atom is 0.310 e. The minimum Gasteiger partial charge on any atom is -0.481 e. The van der Waals surface area contributed by atoms with Gasteiger partial charge >= 0.3 is 5.97 Å². The van der Waals surface area contributed by atoms with E-state index in [4.69, 9.17) is 16.3 Å². The summed E-state index contributed by atoms with van der Waals surface area (Å²) in [6, 6.07) is 5.05. The van der Waals surface area contributed by atoms with Gasteiger partial charge in [0.05, 0.1) is 24.2 Å². The SMILES string of the molecule is C=CCN(C(=O)C1N([C@@H](CO)CC(C)C)C(=O)[C@@H]2[C@@H](C(=O)O)[C@]3(C)OC12CC3C)c1ccc(Cl)cc1. The molecule has 1 aromatic rings. The molecule has 3 unspecified atom stereocenters. The second-order valence-electron chi connectivity index (χ2n) is 11.0. The Morgan fingerprint density at radius 1 is 1.33 bits per heavy atom. The topological polar surface area (TPSA) is 107 Å². The molecule has 2 N–H and O–H groups in total. The number of ether oxygens (including phenoxy) is 1. The number of aliphatic hydroxyl groups is 1. The van der Waals surface area contributed by atoms with Crippen LogP contribution in [0.25, 0.3) is 0 Å². The van der Waals surface area contributed by atoms with E-state index in [2.05, 4.69) is 6.58 Å². The fourth-order valence-corrected chi connectivity index (χ4v) is 6.89. The van der Waals surface area contributed by atoms with E-state index in [1.807, 2.05) is 20.8 Å². The first-order valence-corrected chi connectivity index (χ1v) is 12.8. The first kappa shape index (κ1) is 26.6. The lowest BCUT2D eigenvalue weighted by molar-refractivity contribution is -0.157. The maximum atomic E-state index is 14.4. The molecule has 2 amide bonds. The summed E-state index contributed by atoms with van der Waals surface area (Å²) >= 11 is 6.07. The number of anilines is 1. The van der Waals surface area contributed by atoms with Crippen molar-refractivity contribution >= 4 is 35.1 Å². The molecule has 9 heteroatoms. The molecular weight excluding hydrogens is 484 g/mol. The van der Waals surface area contributed by atoms with Gasteiger partial charge in [-0.05, 0) is 55.9 Å². The summed E-state index contributed by atoms with van der Waals surface area (Å²) in [5.41, 5.74) is -1.81. The molecule has 0 aromatic heterocycles. The molecule has 2 bridgehead atoms. The van der Waals surface area contributed by atoms with E-state index in [0.717, 1.165) is 0 Å². The van der Waals surface area contributed by atoms with Crippen molar-refractivity contribution in [3.63, 3.8) is 0 Å². The Morgan fingerprint density at radius 3 is 2.50 bits per heavy atom. The van der Waals surface area contributed by atoms with Crippen molar-refractivity contribution in [2.24, 2.45) is 23.7 Å². The summed E-state index contributed by atoms with van der Waals surface area (Å²) in [6.45, 7) is 11.2. The minimum atomic E-state index is -1.30. The third kappa shape index (κ3) is 3.85. The van der Waals surface area contributed by atoms with Gasteiger partial charge in [-0.2, -0.15) is 0 Å². The summed E-state index contributed by atoms with van der Waals surface area (Å²) < 4.78 is 6.56. The highest BCUT2D eigenvalue weighted by atomic mass is 35.5. The fraction of sp³-hybridized carbons (Fsp3) is 0.593. The van der Waals surface area contributed by atoms with E-state index >= 15 is 0 Å². The summed E-state index contributed by atoms with van der Waals surface area (Å²) in [7, 11) is 0. The molecule has 3 heterocycles. The number of fused-ring (bicyclic) bond motifs is 1. The van der Waals surface area contributed by atoms with Crippen LogP contribution in [0.1, 0.15) is 40.5 Å². The van der Waals surface area contributed by atoms with Crippen molar-refractivity contribution in [2.45, 2.75) is 63.8 Å². The van der Waals surface area contributed by atoms with Gasteiger partial charge in [0.25, 0.3) is 5.91 Å². The zero-order chi connectivity index (χ0) is 26.6. The number of likely N-dealkylation sites (tertiary alicyclic amines) is 1. The molecule has 0 radical (unpaired) electrons. The van der Waals surface area contributed by atoms with Gasteiger partial charge in [0, 0.05) is 17.3 Å². The van der Waals surface area contributed by atoms with Gasteiger partial charge in [0.2, 0.25) is 5.91 Å². The molecule has 0 aliphatic carbocycles. The maximum absolute atomic E-state index is 14.4. The molecule has 7 atom stereocenters. The Bertz CT molecular complexity index is 1060. The number of benzene rings is 1. The number of carbonyl (C=O) groups is 3. The Kier molecular flexibility index (Phi) is 7.01. The van der Waals surface area contributed by atoms with Crippen molar-refractivity contribution < 1.29 is 29.3 Å². The Balaban J connectivity index is 1.88. The third-order valence-electron chi connectivity index (χ3n) is 8.32. The monoisotopic (exact) mass is 518 g/mol. The zero-order valence-corrected chi connectivity index (χ0v) is 21.9. The molecule has 36 heavy (non-hydrogen) atoms. The van der Waals surface area contributed by atoms with Crippen LogP contribution < -0.4 is 4.90 Å². The number of carboxylic acid groups (broad SMARTS) is 1. The lowest BCUT2D eigenvalue weighted by Gasteiger charge is -2.40. The fourth-order valence-electron chi connectivity index (χ4n) is 6.77. The number of carboxylic acids is 1. The number of halogens is 1. The normalized spacial score (nSPS) is 33.6. The highest BCUT2D eigenvalue weighted by molar-refractivity contribution is 6.30. The van der Waals surface area contributed by atoms with Crippen molar-refractivity contribution in [1.29, 1.82) is 0 Å². The van der Waals surface area contributed by atoms with Crippen LogP contribution in [0.3, 0.4) is 0 Å². The van der Waals surface area contributed by atoms with Crippen LogP contribution in [0.4, 0.5) is 5.69 Å². The van der Waals surface area contributed by atoms with Gasteiger partial charge in [-0.25, -0.2) is 0 Å². The lowest BCUT2D eigenvalue weighted by atomic mass is 9.62. The molecule has 4 rings (SSSR count). The molecule has 8 nitrogen and oxygen atoms in total. The summed E-state index contributed by atoms with van der Waals surface area (Å²) in [6.07, 6.45) is 2.43. The molecular formula is C27H35ClN2O6. The van der Waals surface area contributed by atoms with Gasteiger partial charge in [-0.15, -0.1) is 6.58 Å². The molecule has 196 valence electrons. The van der Waals surface area contributed by atoms with Crippen molar-refractivity contribution in [2.75, 3.05) is 18.1 Å². The first-order chi connectivity index (χ1) is 16.9. The van der Waals surface area contributed by atoms with Gasteiger partial charge in [-0.1, -0.05) is 38.4 Å². The highest BCUT2D eigenvalue weighted by Gasteiger charge is 2.80. The van der Waals surface area contributed by atoms with Crippen LogP contribution >= 0.6 is 11.6 Å². The van der Waals surface area contributed by atoms with Crippen LogP contribution in [0.15, 0.2) is 36.9 Å². The van der Waals surface area contributed by atoms with E-state index < -0.39 is 52.9 Å². The largest absolute Gasteiger partial charge is 0.481 e. The number of amides is 2. The highest BCUT2D eigenvalue weighted by Crippen LogP contribution is 2.65. The van der Waals surface area contributed by atoms with Gasteiger partial charge in [0.1, 0.15) is 17.6 Å². The standard InChI is InChI=1S/C27H35ClN2O6/c1-6-11-29(18-9-7-17(28)8-10-18)24(33)22-27-13-16(4)26(5,36-27)21(25(34)35)20(27)23(32)30(22)19(14-31)12-15(2)3/h6-10,15-16,19-22,31H,1,11-14H2,2-5H3,(H,34,35)/t16?,19-,20+,21+,22?,26-,27?/m1/s1. The number of hydrogen-bond acceptors (Lipinski definition) is 5. The van der Waals surface area contributed by atoms with Crippen molar-refractivity contribution in [3.8, 4) is 0 Å². The molecule has 3 aliphatic heterocycles. The van der Waals surface area contributed by atoms with Gasteiger partial charge < -0.3 is 24.7 Å². The number of aliphatic hydroxyl groups excluding tert-OH is 1. The van der Waals surface area contributed by atoms with E-state index in [1.165, 1.54) is 9.80 Å². The second kappa shape index (κ2) is 9.47. The van der Waals surface area contributed by atoms with Gasteiger partial charge in [-0.3, -0.25) is 14.4 Å². The van der Waals surface area contributed by atoms with E-state index in [0.29, 0.717) is 23.6 Å². The third-order valence-corrected chi connectivity index (χ3v) is 8.57. The molecule has 1 spiro atoms. The molecule has 3 fully saturated rings. The summed E-state index contributed by atoms with van der Waals surface area (Å²) in [5, 5.41) is 21.1. The minimum absolute atomic E-state index is 0.133.